The molecule has 0 fully saturated rings. The van der Waals surface area contributed by atoms with Gasteiger partial charge in [-0.1, -0.05) is 18.2 Å². The van der Waals surface area contributed by atoms with Crippen LogP contribution in [0, 0.1) is 0 Å². The second-order valence-electron chi connectivity index (χ2n) is 5.44. The van der Waals surface area contributed by atoms with E-state index in [0.717, 1.165) is 23.1 Å². The number of rotatable bonds is 5. The van der Waals surface area contributed by atoms with Crippen LogP contribution in [0.5, 0.6) is 0 Å². The molecular formula is C18H22ClN3O2. The standard InChI is InChI=1S/C18H21N3O2.ClH/c1-3-21-15-7-5-4-6-13(15)14-10-12(8-9-16(14)21)20-18(22)17(11-19)23-2;/h4-10,17H,3,11,19H2,1-2H3,(H,20,22);1H. The minimum Gasteiger partial charge on any atom is -0.370 e. The Morgan fingerprint density at radius 3 is 2.58 bits per heavy atom. The zero-order chi connectivity index (χ0) is 16.4. The molecule has 0 aliphatic rings. The number of aryl methyl sites for hydroxylation is 1. The molecule has 6 heteroatoms. The van der Waals surface area contributed by atoms with Gasteiger partial charge in [-0.15, -0.1) is 12.4 Å². The summed E-state index contributed by atoms with van der Waals surface area (Å²) in [5, 5.41) is 5.18. The summed E-state index contributed by atoms with van der Waals surface area (Å²) in [6.07, 6.45) is -0.636. The molecule has 0 spiro atoms. The van der Waals surface area contributed by atoms with E-state index in [4.69, 9.17) is 10.5 Å². The van der Waals surface area contributed by atoms with Gasteiger partial charge in [-0.3, -0.25) is 4.79 Å². The van der Waals surface area contributed by atoms with Crippen LogP contribution >= 0.6 is 12.4 Å². The highest BCUT2D eigenvalue weighted by Gasteiger charge is 2.16. The molecule has 0 saturated heterocycles. The molecule has 3 rings (SSSR count). The summed E-state index contributed by atoms with van der Waals surface area (Å²) in [5.74, 6) is -0.228. The summed E-state index contributed by atoms with van der Waals surface area (Å²) in [6, 6.07) is 14.3. The highest BCUT2D eigenvalue weighted by molar-refractivity contribution is 6.10. The van der Waals surface area contributed by atoms with Gasteiger partial charge in [-0.25, -0.2) is 0 Å². The van der Waals surface area contributed by atoms with Gasteiger partial charge in [-0.2, -0.15) is 0 Å². The molecule has 24 heavy (non-hydrogen) atoms. The van der Waals surface area contributed by atoms with E-state index in [0.29, 0.717) is 0 Å². The first-order valence-electron chi connectivity index (χ1n) is 7.74. The summed E-state index contributed by atoms with van der Waals surface area (Å²) < 4.78 is 7.34. The number of fused-ring (bicyclic) bond motifs is 3. The second-order valence-corrected chi connectivity index (χ2v) is 5.44. The Morgan fingerprint density at radius 1 is 1.21 bits per heavy atom. The number of benzene rings is 2. The molecule has 3 N–H and O–H groups in total. The van der Waals surface area contributed by atoms with Crippen molar-refractivity contribution in [1.82, 2.24) is 4.57 Å². The number of nitrogens with two attached hydrogens (primary N) is 1. The SMILES string of the molecule is CCn1c2ccccc2c2cc(NC(=O)C(CN)OC)ccc21.Cl. The Labute approximate surface area is 147 Å². The lowest BCUT2D eigenvalue weighted by Crippen LogP contribution is -2.35. The minimum atomic E-state index is -0.636. The molecular weight excluding hydrogens is 326 g/mol. The van der Waals surface area contributed by atoms with Gasteiger partial charge < -0.3 is 20.4 Å². The first-order valence-corrected chi connectivity index (χ1v) is 7.74. The highest BCUT2D eigenvalue weighted by Crippen LogP contribution is 2.30. The third-order valence-corrected chi connectivity index (χ3v) is 4.15. The molecule has 0 saturated carbocycles. The van der Waals surface area contributed by atoms with E-state index in [2.05, 4.69) is 28.9 Å². The van der Waals surface area contributed by atoms with Crippen molar-refractivity contribution in [2.75, 3.05) is 19.0 Å². The number of nitrogens with one attached hydrogen (secondary N) is 1. The second kappa shape index (κ2) is 7.66. The maximum atomic E-state index is 12.1. The number of hydrogen-bond donors (Lipinski definition) is 2. The fourth-order valence-corrected chi connectivity index (χ4v) is 3.01. The van der Waals surface area contributed by atoms with Gasteiger partial charge in [0.05, 0.1) is 0 Å². The van der Waals surface area contributed by atoms with E-state index in [-0.39, 0.29) is 24.9 Å². The van der Waals surface area contributed by atoms with Gasteiger partial charge in [0.1, 0.15) is 6.10 Å². The van der Waals surface area contributed by atoms with Crippen molar-refractivity contribution in [3.63, 3.8) is 0 Å². The van der Waals surface area contributed by atoms with Crippen molar-refractivity contribution in [2.24, 2.45) is 5.73 Å². The predicted molar refractivity (Wildman–Crippen MR) is 101 cm³/mol. The van der Waals surface area contributed by atoms with Crippen LogP contribution in [-0.2, 0) is 16.1 Å². The molecule has 0 aliphatic carbocycles. The molecule has 1 aromatic heterocycles. The molecule has 0 radical (unpaired) electrons. The first kappa shape index (κ1) is 18.3. The van der Waals surface area contributed by atoms with Crippen LogP contribution < -0.4 is 11.1 Å². The number of carbonyl (C=O) groups excluding carboxylic acids is 1. The molecule has 1 heterocycles. The summed E-state index contributed by atoms with van der Waals surface area (Å²) >= 11 is 0. The lowest BCUT2D eigenvalue weighted by molar-refractivity contribution is -0.125. The van der Waals surface area contributed by atoms with Gasteiger partial charge in [-0.05, 0) is 31.2 Å². The van der Waals surface area contributed by atoms with Gasteiger partial charge >= 0.3 is 0 Å². The van der Waals surface area contributed by atoms with Crippen molar-refractivity contribution < 1.29 is 9.53 Å². The van der Waals surface area contributed by atoms with Crippen molar-refractivity contribution in [3.8, 4) is 0 Å². The summed E-state index contributed by atoms with van der Waals surface area (Å²) in [5.41, 5.74) is 8.64. The van der Waals surface area contributed by atoms with E-state index >= 15 is 0 Å². The number of carbonyl (C=O) groups is 1. The Hall–Kier alpha value is -2.08. The quantitative estimate of drug-likeness (QED) is 0.745. The number of nitrogens with zero attached hydrogens (tertiary/aromatic N) is 1. The van der Waals surface area contributed by atoms with Gasteiger partial charge in [0.15, 0.2) is 0 Å². The van der Waals surface area contributed by atoms with Crippen LogP contribution in [0.2, 0.25) is 0 Å². The van der Waals surface area contributed by atoms with E-state index in [9.17, 15) is 4.79 Å². The van der Waals surface area contributed by atoms with Crippen molar-refractivity contribution in [2.45, 2.75) is 19.6 Å². The number of aromatic nitrogens is 1. The first-order chi connectivity index (χ1) is 11.2. The molecule has 0 bridgehead atoms. The molecule has 5 nitrogen and oxygen atoms in total. The molecule has 1 atom stereocenters. The maximum Gasteiger partial charge on any atom is 0.254 e. The third kappa shape index (κ3) is 3.11. The molecule has 2 aromatic carbocycles. The summed E-state index contributed by atoms with van der Waals surface area (Å²) in [4.78, 5) is 12.1. The van der Waals surface area contributed by atoms with Crippen LogP contribution in [0.4, 0.5) is 5.69 Å². The van der Waals surface area contributed by atoms with E-state index in [1.807, 2.05) is 30.3 Å². The van der Waals surface area contributed by atoms with Crippen LogP contribution in [0.3, 0.4) is 0 Å². The highest BCUT2D eigenvalue weighted by atomic mass is 35.5. The smallest absolute Gasteiger partial charge is 0.254 e. The zero-order valence-corrected chi connectivity index (χ0v) is 14.6. The Balaban J connectivity index is 0.00000208. The fourth-order valence-electron chi connectivity index (χ4n) is 3.01. The number of halogens is 1. The van der Waals surface area contributed by atoms with Crippen molar-refractivity contribution in [3.05, 3.63) is 42.5 Å². The molecule has 1 unspecified atom stereocenters. The van der Waals surface area contributed by atoms with E-state index in [1.165, 1.54) is 18.0 Å². The van der Waals surface area contributed by atoms with Gasteiger partial charge in [0.2, 0.25) is 0 Å². The summed E-state index contributed by atoms with van der Waals surface area (Å²) in [6.45, 7) is 3.18. The topological polar surface area (TPSA) is 69.3 Å². The number of anilines is 1. The van der Waals surface area contributed by atoms with Crippen LogP contribution in [0.25, 0.3) is 21.8 Å². The zero-order valence-electron chi connectivity index (χ0n) is 13.8. The van der Waals surface area contributed by atoms with Crippen LogP contribution in [-0.4, -0.2) is 30.2 Å². The lowest BCUT2D eigenvalue weighted by Gasteiger charge is -2.13. The molecule has 1 amide bonds. The lowest BCUT2D eigenvalue weighted by atomic mass is 10.1. The minimum absolute atomic E-state index is 0. The fraction of sp³-hybridized carbons (Fsp3) is 0.278. The van der Waals surface area contributed by atoms with Gasteiger partial charge in [0, 0.05) is 47.7 Å². The molecule has 3 aromatic rings. The molecule has 0 aliphatic heterocycles. The van der Waals surface area contributed by atoms with E-state index < -0.39 is 6.10 Å². The average molecular weight is 348 g/mol. The van der Waals surface area contributed by atoms with Gasteiger partial charge in [0.25, 0.3) is 5.91 Å². The molecule has 128 valence electrons. The summed E-state index contributed by atoms with van der Waals surface area (Å²) in [7, 11) is 1.48. The normalized spacial score (nSPS) is 12.1. The Bertz CT molecular complexity index is 856. The van der Waals surface area contributed by atoms with Crippen molar-refractivity contribution >= 4 is 45.8 Å². The number of para-hydroxylation sites is 1. The van der Waals surface area contributed by atoms with Crippen LogP contribution in [0.15, 0.2) is 42.5 Å². The number of hydrogen-bond acceptors (Lipinski definition) is 3. The number of methoxy groups -OCH3 is 1. The van der Waals surface area contributed by atoms with Crippen molar-refractivity contribution in [1.29, 1.82) is 0 Å². The predicted octanol–water partition coefficient (Wildman–Crippen LogP) is 3.15. The largest absolute Gasteiger partial charge is 0.370 e. The maximum absolute atomic E-state index is 12.1. The van der Waals surface area contributed by atoms with E-state index in [1.54, 1.807) is 0 Å². The third-order valence-electron chi connectivity index (χ3n) is 4.15. The Kier molecular flexibility index (Phi) is 5.83. The van der Waals surface area contributed by atoms with Crippen LogP contribution in [0.1, 0.15) is 6.92 Å². The Morgan fingerprint density at radius 2 is 1.92 bits per heavy atom. The number of ether oxygens (including phenoxy) is 1. The number of amides is 1. The average Bonchev–Trinajstić information content (AvgIpc) is 2.89. The monoisotopic (exact) mass is 347 g/mol.